The Morgan fingerprint density at radius 1 is 0.867 bits per heavy atom. The Morgan fingerprint density at radius 3 is 2.10 bits per heavy atom. The predicted octanol–water partition coefficient (Wildman–Crippen LogP) is 2.98. The summed E-state index contributed by atoms with van der Waals surface area (Å²) in [6, 6.07) is 4.97. The van der Waals surface area contributed by atoms with Gasteiger partial charge >= 0.3 is 11.3 Å². The largest absolute Gasteiger partial charge is 0.872 e. The SMILES string of the molecule is COc1cc(=O)oc2cc([O-])c(-c3c(O)cc(C)c4c(OC)cc(=O)oc34)c(C)c12. The van der Waals surface area contributed by atoms with Gasteiger partial charge in [0.15, 0.2) is 5.58 Å². The molecule has 0 radical (unpaired) electrons. The number of rotatable bonds is 3. The first-order valence-corrected chi connectivity index (χ1v) is 8.94. The van der Waals surface area contributed by atoms with Crippen LogP contribution in [0.5, 0.6) is 23.0 Å². The van der Waals surface area contributed by atoms with Crippen LogP contribution >= 0.6 is 0 Å². The molecule has 0 aliphatic carbocycles. The Kier molecular flexibility index (Phi) is 4.42. The maximum Gasteiger partial charge on any atom is 0.339 e. The van der Waals surface area contributed by atoms with E-state index in [2.05, 4.69) is 0 Å². The van der Waals surface area contributed by atoms with Crippen LogP contribution in [0.3, 0.4) is 0 Å². The number of phenols is 1. The van der Waals surface area contributed by atoms with E-state index in [0.29, 0.717) is 21.9 Å². The van der Waals surface area contributed by atoms with Crippen LogP contribution in [0.1, 0.15) is 11.1 Å². The van der Waals surface area contributed by atoms with Gasteiger partial charge in [0, 0.05) is 0 Å². The molecule has 1 N–H and O–H groups in total. The predicted molar refractivity (Wildman–Crippen MR) is 108 cm³/mol. The minimum atomic E-state index is -0.694. The van der Waals surface area contributed by atoms with E-state index in [9.17, 15) is 19.8 Å². The fourth-order valence-corrected chi connectivity index (χ4v) is 3.82. The highest BCUT2D eigenvalue weighted by atomic mass is 16.5. The van der Waals surface area contributed by atoms with E-state index in [0.717, 1.165) is 6.07 Å². The standard InChI is InChI=1S/C22H18O8/c1-9-5-11(23)21(22-18(9)13(27-3)7-17(26)30-22)19-10(2)20-14(28-4)8-16(25)29-15(20)6-12(19)24/h5-8,23-24H,1-4H3/p-1. The lowest BCUT2D eigenvalue weighted by molar-refractivity contribution is -0.267. The summed E-state index contributed by atoms with van der Waals surface area (Å²) in [5, 5.41) is 24.6. The molecule has 30 heavy (non-hydrogen) atoms. The van der Waals surface area contributed by atoms with Crippen molar-refractivity contribution < 1.29 is 28.5 Å². The molecule has 0 bridgehead atoms. The molecule has 4 aromatic rings. The summed E-state index contributed by atoms with van der Waals surface area (Å²) < 4.78 is 21.2. The number of fused-ring (bicyclic) bond motifs is 2. The van der Waals surface area contributed by atoms with Gasteiger partial charge in [-0.3, -0.25) is 0 Å². The van der Waals surface area contributed by atoms with Gasteiger partial charge < -0.3 is 28.5 Å². The third-order valence-corrected chi connectivity index (χ3v) is 5.06. The molecule has 0 saturated carbocycles. The second kappa shape index (κ2) is 6.84. The zero-order valence-electron chi connectivity index (χ0n) is 16.6. The van der Waals surface area contributed by atoms with Crippen molar-refractivity contribution >= 4 is 21.9 Å². The minimum Gasteiger partial charge on any atom is -0.872 e. The number of benzene rings is 2. The van der Waals surface area contributed by atoms with Crippen LogP contribution in [0.15, 0.2) is 42.7 Å². The molecule has 0 spiro atoms. The quantitative estimate of drug-likeness (QED) is 0.513. The van der Waals surface area contributed by atoms with Gasteiger partial charge in [-0.05, 0) is 42.7 Å². The van der Waals surface area contributed by atoms with E-state index in [4.69, 9.17) is 18.3 Å². The number of phenolic OH excluding ortho intramolecular Hbond substituents is 1. The number of aryl methyl sites for hydroxylation is 2. The fraction of sp³-hybridized carbons (Fsp3) is 0.182. The molecule has 0 saturated heterocycles. The van der Waals surface area contributed by atoms with Gasteiger partial charge in [-0.25, -0.2) is 9.59 Å². The monoisotopic (exact) mass is 409 g/mol. The van der Waals surface area contributed by atoms with Crippen molar-refractivity contribution in [2.45, 2.75) is 13.8 Å². The molecule has 0 aliphatic heterocycles. The van der Waals surface area contributed by atoms with Crippen LogP contribution in [0.25, 0.3) is 33.1 Å². The summed E-state index contributed by atoms with van der Waals surface area (Å²) in [5.41, 5.74) is -0.151. The van der Waals surface area contributed by atoms with Gasteiger partial charge in [0.2, 0.25) is 0 Å². The van der Waals surface area contributed by atoms with Crippen LogP contribution in [0.4, 0.5) is 0 Å². The lowest BCUT2D eigenvalue weighted by Crippen LogP contribution is -2.05. The lowest BCUT2D eigenvalue weighted by atomic mass is 9.92. The highest BCUT2D eigenvalue weighted by molar-refractivity contribution is 6.05. The Bertz CT molecular complexity index is 1440. The molecule has 8 nitrogen and oxygen atoms in total. The molecule has 0 fully saturated rings. The van der Waals surface area contributed by atoms with Crippen LogP contribution < -0.4 is 25.8 Å². The van der Waals surface area contributed by atoms with E-state index in [1.54, 1.807) is 13.8 Å². The van der Waals surface area contributed by atoms with Crippen LogP contribution in [-0.2, 0) is 0 Å². The maximum absolute atomic E-state index is 13.0. The smallest absolute Gasteiger partial charge is 0.339 e. The van der Waals surface area contributed by atoms with Crippen molar-refractivity contribution in [3.8, 4) is 34.1 Å². The van der Waals surface area contributed by atoms with E-state index in [-0.39, 0.29) is 39.5 Å². The lowest BCUT2D eigenvalue weighted by Gasteiger charge is -2.21. The second-order valence-corrected chi connectivity index (χ2v) is 6.81. The molecule has 0 atom stereocenters. The summed E-state index contributed by atoms with van der Waals surface area (Å²) in [5.74, 6) is -0.293. The maximum atomic E-state index is 13.0. The molecule has 2 heterocycles. The Balaban J connectivity index is 2.24. The van der Waals surface area contributed by atoms with Gasteiger partial charge in [-0.1, -0.05) is 5.75 Å². The molecule has 0 unspecified atom stereocenters. The third kappa shape index (κ3) is 2.76. The van der Waals surface area contributed by atoms with Gasteiger partial charge in [-0.15, -0.1) is 0 Å². The van der Waals surface area contributed by atoms with Crippen molar-refractivity contribution in [1.29, 1.82) is 0 Å². The first-order valence-electron chi connectivity index (χ1n) is 8.94. The van der Waals surface area contributed by atoms with Crippen LogP contribution in [0, 0.1) is 13.8 Å². The molecule has 2 aromatic heterocycles. The van der Waals surface area contributed by atoms with Crippen molar-refractivity contribution in [1.82, 2.24) is 0 Å². The topological polar surface area (TPSA) is 122 Å². The van der Waals surface area contributed by atoms with Crippen molar-refractivity contribution in [3.05, 3.63) is 56.2 Å². The molecular weight excluding hydrogens is 392 g/mol. The highest BCUT2D eigenvalue weighted by Gasteiger charge is 2.22. The first kappa shape index (κ1) is 19.4. The Labute approximate surface area is 169 Å². The normalized spacial score (nSPS) is 11.2. The second-order valence-electron chi connectivity index (χ2n) is 6.81. The van der Waals surface area contributed by atoms with E-state index in [1.165, 1.54) is 32.4 Å². The summed E-state index contributed by atoms with van der Waals surface area (Å²) in [7, 11) is 2.80. The van der Waals surface area contributed by atoms with Gasteiger partial charge in [0.1, 0.15) is 22.8 Å². The Morgan fingerprint density at radius 2 is 1.47 bits per heavy atom. The molecule has 4 rings (SSSR count). The zero-order valence-corrected chi connectivity index (χ0v) is 16.6. The Hall–Kier alpha value is -3.94. The number of aromatic hydroxyl groups is 1. The minimum absolute atomic E-state index is 0.0211. The van der Waals surface area contributed by atoms with Crippen molar-refractivity contribution in [2.24, 2.45) is 0 Å². The molecule has 0 amide bonds. The number of ether oxygens (including phenoxy) is 2. The van der Waals surface area contributed by atoms with Crippen LogP contribution in [0.2, 0.25) is 0 Å². The first-order chi connectivity index (χ1) is 14.3. The van der Waals surface area contributed by atoms with Crippen LogP contribution in [-0.4, -0.2) is 19.3 Å². The van der Waals surface area contributed by atoms with Gasteiger partial charge in [-0.2, -0.15) is 0 Å². The average molecular weight is 409 g/mol. The molecule has 0 aliphatic rings. The molecule has 154 valence electrons. The van der Waals surface area contributed by atoms with Crippen molar-refractivity contribution in [2.75, 3.05) is 14.2 Å². The summed E-state index contributed by atoms with van der Waals surface area (Å²) in [6.45, 7) is 3.35. The number of hydrogen-bond acceptors (Lipinski definition) is 8. The highest BCUT2D eigenvalue weighted by Crippen LogP contribution is 2.47. The van der Waals surface area contributed by atoms with E-state index >= 15 is 0 Å². The summed E-state index contributed by atoms with van der Waals surface area (Å²) in [6.07, 6.45) is 0. The number of methoxy groups -OCH3 is 2. The fourth-order valence-electron chi connectivity index (χ4n) is 3.82. The van der Waals surface area contributed by atoms with E-state index < -0.39 is 17.0 Å². The van der Waals surface area contributed by atoms with Gasteiger partial charge in [0.25, 0.3) is 0 Å². The molecular formula is C22H17O8-. The van der Waals surface area contributed by atoms with Gasteiger partial charge in [0.05, 0.1) is 42.7 Å². The molecule has 8 heteroatoms. The zero-order chi connectivity index (χ0) is 21.7. The molecule has 2 aromatic carbocycles. The van der Waals surface area contributed by atoms with E-state index in [1.807, 2.05) is 0 Å². The summed E-state index contributed by atoms with van der Waals surface area (Å²) >= 11 is 0. The summed E-state index contributed by atoms with van der Waals surface area (Å²) in [4.78, 5) is 23.9. The average Bonchev–Trinajstić information content (AvgIpc) is 2.68. The third-order valence-electron chi connectivity index (χ3n) is 5.06. The van der Waals surface area contributed by atoms with Crippen molar-refractivity contribution in [3.63, 3.8) is 0 Å². The number of hydrogen-bond donors (Lipinski definition) is 1.